The van der Waals surface area contributed by atoms with Gasteiger partial charge in [0.1, 0.15) is 0 Å². The van der Waals surface area contributed by atoms with Gasteiger partial charge in [0, 0.05) is 5.56 Å². The first-order valence-corrected chi connectivity index (χ1v) is 3.87. The van der Waals surface area contributed by atoms with Crippen LogP contribution in [0.2, 0.25) is 5.02 Å². The molecule has 1 aromatic rings. The van der Waals surface area contributed by atoms with Crippen molar-refractivity contribution in [2.45, 2.75) is 6.18 Å². The van der Waals surface area contributed by atoms with E-state index in [1.54, 1.807) is 0 Å². The Morgan fingerprint density at radius 1 is 1.36 bits per heavy atom. The summed E-state index contributed by atoms with van der Waals surface area (Å²) in [7, 11) is 0. The van der Waals surface area contributed by atoms with E-state index in [-0.39, 0.29) is 10.6 Å². The summed E-state index contributed by atoms with van der Waals surface area (Å²) in [6.45, 7) is 0. The maximum atomic E-state index is 12.3. The number of benzene rings is 1. The molecule has 14 heavy (non-hydrogen) atoms. The SMILES string of the molecule is O/N=C/c1c(Cl)cccc1C(F)(F)F. The summed E-state index contributed by atoms with van der Waals surface area (Å²) in [6.07, 6.45) is -3.85. The van der Waals surface area contributed by atoms with Crippen molar-refractivity contribution in [3.05, 3.63) is 34.3 Å². The molecule has 0 aliphatic carbocycles. The topological polar surface area (TPSA) is 32.6 Å². The summed E-state index contributed by atoms with van der Waals surface area (Å²) < 4.78 is 37.0. The van der Waals surface area contributed by atoms with Crippen molar-refractivity contribution < 1.29 is 18.4 Å². The fraction of sp³-hybridized carbons (Fsp3) is 0.125. The fourth-order valence-electron chi connectivity index (χ4n) is 0.973. The third kappa shape index (κ3) is 2.17. The van der Waals surface area contributed by atoms with Gasteiger partial charge in [0.25, 0.3) is 0 Å². The van der Waals surface area contributed by atoms with Crippen molar-refractivity contribution in [3.63, 3.8) is 0 Å². The summed E-state index contributed by atoms with van der Waals surface area (Å²) in [5.74, 6) is 0. The van der Waals surface area contributed by atoms with Gasteiger partial charge in [0.2, 0.25) is 0 Å². The molecule has 0 unspecified atom stereocenters. The van der Waals surface area contributed by atoms with Gasteiger partial charge in [-0.1, -0.05) is 22.8 Å². The molecule has 0 spiro atoms. The lowest BCUT2D eigenvalue weighted by molar-refractivity contribution is -0.137. The summed E-state index contributed by atoms with van der Waals surface area (Å²) in [5.41, 5.74) is -1.27. The smallest absolute Gasteiger partial charge is 0.411 e. The number of hydrogen-bond acceptors (Lipinski definition) is 2. The first-order valence-electron chi connectivity index (χ1n) is 3.50. The van der Waals surface area contributed by atoms with E-state index in [0.29, 0.717) is 6.21 Å². The Bertz CT molecular complexity index is 362. The molecule has 2 nitrogen and oxygen atoms in total. The average molecular weight is 224 g/mol. The van der Waals surface area contributed by atoms with Crippen LogP contribution in [0.1, 0.15) is 11.1 Å². The molecular weight excluding hydrogens is 219 g/mol. The molecule has 0 aliphatic rings. The molecule has 0 radical (unpaired) electrons. The van der Waals surface area contributed by atoms with E-state index in [0.717, 1.165) is 6.07 Å². The van der Waals surface area contributed by atoms with E-state index in [1.165, 1.54) is 12.1 Å². The van der Waals surface area contributed by atoms with E-state index in [1.807, 2.05) is 0 Å². The van der Waals surface area contributed by atoms with E-state index in [2.05, 4.69) is 5.16 Å². The highest BCUT2D eigenvalue weighted by molar-refractivity contribution is 6.33. The quantitative estimate of drug-likeness (QED) is 0.443. The molecule has 76 valence electrons. The summed E-state index contributed by atoms with van der Waals surface area (Å²) in [4.78, 5) is 0. The van der Waals surface area contributed by atoms with Crippen LogP contribution in [0.5, 0.6) is 0 Å². The minimum absolute atomic E-state index is 0.113. The van der Waals surface area contributed by atoms with Crippen molar-refractivity contribution in [1.82, 2.24) is 0 Å². The van der Waals surface area contributed by atoms with Crippen molar-refractivity contribution in [2.75, 3.05) is 0 Å². The maximum absolute atomic E-state index is 12.3. The predicted octanol–water partition coefficient (Wildman–Crippen LogP) is 3.17. The Balaban J connectivity index is 3.36. The lowest BCUT2D eigenvalue weighted by Crippen LogP contribution is -2.09. The van der Waals surface area contributed by atoms with Gasteiger partial charge in [-0.15, -0.1) is 0 Å². The number of oxime groups is 1. The molecule has 0 saturated heterocycles. The highest BCUT2D eigenvalue weighted by Gasteiger charge is 2.33. The van der Waals surface area contributed by atoms with Gasteiger partial charge >= 0.3 is 6.18 Å². The van der Waals surface area contributed by atoms with Crippen LogP contribution in [0.4, 0.5) is 13.2 Å². The van der Waals surface area contributed by atoms with Crippen LogP contribution in [-0.4, -0.2) is 11.4 Å². The Labute approximate surface area is 82.6 Å². The molecule has 6 heteroatoms. The molecule has 1 N–H and O–H groups in total. The summed E-state index contributed by atoms with van der Waals surface area (Å²) in [6, 6.07) is 3.33. The van der Waals surface area contributed by atoms with Crippen LogP contribution in [0, 0.1) is 0 Å². The molecule has 0 saturated carbocycles. The molecule has 0 aromatic heterocycles. The van der Waals surface area contributed by atoms with Crippen LogP contribution in [0.25, 0.3) is 0 Å². The molecule has 1 aromatic carbocycles. The third-order valence-corrected chi connectivity index (χ3v) is 1.87. The summed E-state index contributed by atoms with van der Waals surface area (Å²) >= 11 is 5.51. The van der Waals surface area contributed by atoms with Crippen LogP contribution in [-0.2, 0) is 6.18 Å². The highest BCUT2D eigenvalue weighted by Crippen LogP contribution is 2.33. The summed E-state index contributed by atoms with van der Waals surface area (Å²) in [5, 5.41) is 10.6. The standard InChI is InChI=1S/C8H5ClF3NO/c9-7-3-1-2-6(8(10,11)12)5(7)4-13-14/h1-4,14H/b13-4+. The largest absolute Gasteiger partial charge is 0.417 e. The van der Waals surface area contributed by atoms with Gasteiger partial charge in [0.15, 0.2) is 0 Å². The van der Waals surface area contributed by atoms with E-state index in [4.69, 9.17) is 16.8 Å². The molecule has 1 rings (SSSR count). The second kappa shape index (κ2) is 3.88. The number of alkyl halides is 3. The highest BCUT2D eigenvalue weighted by atomic mass is 35.5. The van der Waals surface area contributed by atoms with E-state index < -0.39 is 11.7 Å². The van der Waals surface area contributed by atoms with Gasteiger partial charge in [-0.05, 0) is 12.1 Å². The first kappa shape index (κ1) is 10.8. The van der Waals surface area contributed by atoms with Crippen LogP contribution in [0.3, 0.4) is 0 Å². The predicted molar refractivity (Wildman–Crippen MR) is 45.8 cm³/mol. The van der Waals surface area contributed by atoms with Gasteiger partial charge in [-0.3, -0.25) is 0 Å². The Kier molecular flexibility index (Phi) is 3.00. The molecular formula is C8H5ClF3NO. The lowest BCUT2D eigenvalue weighted by Gasteiger charge is -2.10. The monoisotopic (exact) mass is 223 g/mol. The second-order valence-electron chi connectivity index (χ2n) is 2.44. The van der Waals surface area contributed by atoms with Crippen LogP contribution < -0.4 is 0 Å². The number of nitrogens with zero attached hydrogens (tertiary/aromatic N) is 1. The second-order valence-corrected chi connectivity index (χ2v) is 2.85. The van der Waals surface area contributed by atoms with E-state index >= 15 is 0 Å². The van der Waals surface area contributed by atoms with Gasteiger partial charge < -0.3 is 5.21 Å². The first-order chi connectivity index (χ1) is 6.46. The van der Waals surface area contributed by atoms with Crippen LogP contribution in [0.15, 0.2) is 23.4 Å². The Morgan fingerprint density at radius 3 is 2.50 bits per heavy atom. The zero-order chi connectivity index (χ0) is 10.8. The average Bonchev–Trinajstić information content (AvgIpc) is 2.07. The minimum Gasteiger partial charge on any atom is -0.411 e. The van der Waals surface area contributed by atoms with Crippen molar-refractivity contribution in [3.8, 4) is 0 Å². The normalized spacial score (nSPS) is 12.3. The molecule has 0 amide bonds. The number of rotatable bonds is 1. The van der Waals surface area contributed by atoms with Gasteiger partial charge in [-0.25, -0.2) is 0 Å². The minimum atomic E-state index is -4.51. The van der Waals surface area contributed by atoms with Gasteiger partial charge in [-0.2, -0.15) is 13.2 Å². The van der Waals surface area contributed by atoms with Crippen molar-refractivity contribution in [1.29, 1.82) is 0 Å². The third-order valence-electron chi connectivity index (χ3n) is 1.55. The van der Waals surface area contributed by atoms with Crippen molar-refractivity contribution in [2.24, 2.45) is 5.16 Å². The van der Waals surface area contributed by atoms with Crippen molar-refractivity contribution >= 4 is 17.8 Å². The zero-order valence-electron chi connectivity index (χ0n) is 6.72. The molecule has 0 heterocycles. The zero-order valence-corrected chi connectivity index (χ0v) is 7.47. The number of halogens is 4. The van der Waals surface area contributed by atoms with E-state index in [9.17, 15) is 13.2 Å². The molecule has 0 atom stereocenters. The van der Waals surface area contributed by atoms with Crippen LogP contribution >= 0.6 is 11.6 Å². The molecule has 0 aliphatic heterocycles. The Morgan fingerprint density at radius 2 is 2.00 bits per heavy atom. The van der Waals surface area contributed by atoms with Gasteiger partial charge in [0.05, 0.1) is 16.8 Å². The molecule has 0 bridgehead atoms. The Hall–Kier alpha value is -1.23. The lowest BCUT2D eigenvalue weighted by atomic mass is 10.1. The maximum Gasteiger partial charge on any atom is 0.417 e. The number of hydrogen-bond donors (Lipinski definition) is 1. The fourth-order valence-corrected chi connectivity index (χ4v) is 1.20. The molecule has 0 fully saturated rings.